The quantitative estimate of drug-likeness (QED) is 0.283. The molecule has 1 fully saturated rings. The lowest BCUT2D eigenvalue weighted by Gasteiger charge is -2.31. The largest absolute Gasteiger partial charge is 0.454 e. The standard InChI is InChI=1S/C26H28F6N6O3S/c1-16(2)17-6-8-21(9-7-17)42(39,40)38-12-10-19(11-13-38)33-22-35-23(37-24(36-22)41-15-25(27,28)29)34-20-5-3-4-18(14-20)26(30,31)32/h3-9,14,16,19H,10-13,15H2,1-2H3,(H2,33,34,35,36,37). The van der Waals surface area contributed by atoms with Crippen molar-refractivity contribution in [2.45, 2.75) is 55.9 Å². The molecule has 0 saturated carbocycles. The van der Waals surface area contributed by atoms with Crippen molar-refractivity contribution in [3.05, 3.63) is 59.7 Å². The normalized spacial score (nSPS) is 15.5. The van der Waals surface area contributed by atoms with Crippen LogP contribution >= 0.6 is 0 Å². The fourth-order valence-electron chi connectivity index (χ4n) is 4.19. The molecule has 1 saturated heterocycles. The second-order valence-corrected chi connectivity index (χ2v) is 11.9. The van der Waals surface area contributed by atoms with Crippen LogP contribution in [0, 0.1) is 0 Å². The van der Waals surface area contributed by atoms with Crippen LogP contribution in [0.1, 0.15) is 43.7 Å². The highest BCUT2D eigenvalue weighted by Gasteiger charge is 2.32. The minimum atomic E-state index is -4.69. The number of nitrogens with one attached hydrogen (secondary N) is 2. The van der Waals surface area contributed by atoms with E-state index in [1.54, 1.807) is 24.3 Å². The van der Waals surface area contributed by atoms with Gasteiger partial charge in [-0.15, -0.1) is 0 Å². The third-order valence-corrected chi connectivity index (χ3v) is 8.31. The second-order valence-electron chi connectivity index (χ2n) is 9.92. The van der Waals surface area contributed by atoms with Crippen molar-refractivity contribution < 1.29 is 39.5 Å². The molecule has 2 heterocycles. The average Bonchev–Trinajstić information content (AvgIpc) is 2.91. The Bertz CT molecular complexity index is 1480. The summed E-state index contributed by atoms with van der Waals surface area (Å²) in [6.07, 6.45) is -8.67. The summed E-state index contributed by atoms with van der Waals surface area (Å²) in [5.41, 5.74) is -0.00979. The molecule has 0 aliphatic carbocycles. The predicted octanol–water partition coefficient (Wildman–Crippen LogP) is 5.96. The topological polar surface area (TPSA) is 109 Å². The van der Waals surface area contributed by atoms with Crippen LogP contribution in [-0.4, -0.2) is 59.6 Å². The van der Waals surface area contributed by atoms with Crippen LogP contribution in [-0.2, 0) is 16.2 Å². The van der Waals surface area contributed by atoms with Gasteiger partial charge in [-0.05, 0) is 54.7 Å². The van der Waals surface area contributed by atoms with Crippen LogP contribution in [0.2, 0.25) is 0 Å². The Morgan fingerprint density at radius 3 is 2.19 bits per heavy atom. The Morgan fingerprint density at radius 2 is 1.60 bits per heavy atom. The zero-order valence-corrected chi connectivity index (χ0v) is 23.3. The summed E-state index contributed by atoms with van der Waals surface area (Å²) in [4.78, 5) is 11.9. The van der Waals surface area contributed by atoms with Crippen LogP contribution in [0.4, 0.5) is 43.9 Å². The Morgan fingerprint density at radius 1 is 0.952 bits per heavy atom. The van der Waals surface area contributed by atoms with Crippen molar-refractivity contribution in [3.63, 3.8) is 0 Å². The van der Waals surface area contributed by atoms with Crippen molar-refractivity contribution in [2.24, 2.45) is 0 Å². The van der Waals surface area contributed by atoms with Gasteiger partial charge in [0.15, 0.2) is 6.61 Å². The molecule has 0 unspecified atom stereocenters. The van der Waals surface area contributed by atoms with E-state index in [1.165, 1.54) is 10.4 Å². The van der Waals surface area contributed by atoms with Crippen LogP contribution in [0.25, 0.3) is 0 Å². The Kier molecular flexibility index (Phi) is 9.15. The maximum absolute atomic E-state index is 13.1. The van der Waals surface area contributed by atoms with E-state index in [0.717, 1.165) is 23.8 Å². The molecule has 0 amide bonds. The number of benzene rings is 2. The van der Waals surface area contributed by atoms with Gasteiger partial charge < -0.3 is 15.4 Å². The third-order valence-electron chi connectivity index (χ3n) is 6.40. The first-order valence-corrected chi connectivity index (χ1v) is 14.3. The summed E-state index contributed by atoms with van der Waals surface area (Å²) in [5.74, 6) is -0.296. The molecule has 228 valence electrons. The number of ether oxygens (including phenoxy) is 1. The van der Waals surface area contributed by atoms with Crippen molar-refractivity contribution in [1.82, 2.24) is 19.3 Å². The van der Waals surface area contributed by atoms with Gasteiger partial charge in [-0.3, -0.25) is 0 Å². The minimum absolute atomic E-state index is 0.0660. The lowest BCUT2D eigenvalue weighted by molar-refractivity contribution is -0.154. The van der Waals surface area contributed by atoms with E-state index in [1.807, 2.05) is 13.8 Å². The first-order chi connectivity index (χ1) is 19.6. The maximum atomic E-state index is 13.1. The van der Waals surface area contributed by atoms with Gasteiger partial charge in [-0.25, -0.2) is 8.42 Å². The van der Waals surface area contributed by atoms with Gasteiger partial charge >= 0.3 is 18.4 Å². The Balaban J connectivity index is 1.47. The number of halogens is 6. The van der Waals surface area contributed by atoms with E-state index in [2.05, 4.69) is 30.3 Å². The molecule has 3 aromatic rings. The Labute approximate surface area is 238 Å². The molecule has 2 aromatic carbocycles. The fraction of sp³-hybridized carbons (Fsp3) is 0.423. The van der Waals surface area contributed by atoms with Gasteiger partial charge in [0.1, 0.15) is 0 Å². The van der Waals surface area contributed by atoms with E-state index in [0.29, 0.717) is 12.8 Å². The predicted molar refractivity (Wildman–Crippen MR) is 142 cm³/mol. The molecule has 16 heteroatoms. The zero-order chi connectivity index (χ0) is 30.7. The van der Waals surface area contributed by atoms with E-state index in [9.17, 15) is 34.8 Å². The van der Waals surface area contributed by atoms with Gasteiger partial charge in [0.2, 0.25) is 21.9 Å². The molecule has 1 aromatic heterocycles. The number of sulfonamides is 1. The van der Waals surface area contributed by atoms with Gasteiger partial charge in [-0.2, -0.15) is 45.6 Å². The third kappa shape index (κ3) is 8.21. The molecule has 0 spiro atoms. The minimum Gasteiger partial charge on any atom is -0.454 e. The molecular weight excluding hydrogens is 590 g/mol. The second kappa shape index (κ2) is 12.3. The number of alkyl halides is 6. The lowest BCUT2D eigenvalue weighted by Crippen LogP contribution is -2.42. The van der Waals surface area contributed by atoms with Crippen LogP contribution in [0.3, 0.4) is 0 Å². The lowest BCUT2D eigenvalue weighted by atomic mass is 10.0. The van der Waals surface area contributed by atoms with E-state index in [4.69, 9.17) is 0 Å². The monoisotopic (exact) mass is 618 g/mol. The number of hydrogen-bond acceptors (Lipinski definition) is 8. The number of aromatic nitrogens is 3. The summed E-state index contributed by atoms with van der Waals surface area (Å²) in [6.45, 7) is 2.62. The maximum Gasteiger partial charge on any atom is 0.422 e. The van der Waals surface area contributed by atoms with Gasteiger partial charge in [0.05, 0.1) is 10.5 Å². The van der Waals surface area contributed by atoms with Gasteiger partial charge in [0.25, 0.3) is 0 Å². The zero-order valence-electron chi connectivity index (χ0n) is 22.5. The molecule has 0 bridgehead atoms. The average molecular weight is 619 g/mol. The molecule has 42 heavy (non-hydrogen) atoms. The van der Waals surface area contributed by atoms with Crippen molar-refractivity contribution >= 4 is 27.6 Å². The number of anilines is 3. The van der Waals surface area contributed by atoms with Gasteiger partial charge in [-0.1, -0.05) is 32.0 Å². The first-order valence-electron chi connectivity index (χ1n) is 12.9. The number of hydrogen-bond donors (Lipinski definition) is 2. The van der Waals surface area contributed by atoms with Crippen molar-refractivity contribution in [2.75, 3.05) is 30.3 Å². The van der Waals surface area contributed by atoms with Crippen molar-refractivity contribution in [1.29, 1.82) is 0 Å². The summed E-state index contributed by atoms with van der Waals surface area (Å²) >= 11 is 0. The molecule has 9 nitrogen and oxygen atoms in total. The Hall–Kier alpha value is -3.66. The molecule has 2 N–H and O–H groups in total. The molecular formula is C26H28F6N6O3S. The molecule has 1 aliphatic heterocycles. The first kappa shape index (κ1) is 31.3. The number of rotatable bonds is 9. The van der Waals surface area contributed by atoms with Crippen LogP contribution < -0.4 is 15.4 Å². The van der Waals surface area contributed by atoms with Gasteiger partial charge in [0, 0.05) is 24.8 Å². The SMILES string of the molecule is CC(C)c1ccc(S(=O)(=O)N2CCC(Nc3nc(Nc4cccc(C(F)(F)F)c4)nc(OCC(F)(F)F)n3)CC2)cc1. The number of piperidine rings is 1. The highest BCUT2D eigenvalue weighted by atomic mass is 32.2. The molecule has 1 aliphatic rings. The molecule has 0 radical (unpaired) electrons. The summed E-state index contributed by atoms with van der Waals surface area (Å²) in [5, 5.41) is 5.48. The highest BCUT2D eigenvalue weighted by molar-refractivity contribution is 7.89. The fourth-order valence-corrected chi connectivity index (χ4v) is 5.66. The summed E-state index contributed by atoms with van der Waals surface area (Å²) in [7, 11) is -3.74. The smallest absolute Gasteiger partial charge is 0.422 e. The van der Waals surface area contributed by atoms with Crippen LogP contribution in [0.15, 0.2) is 53.4 Å². The van der Waals surface area contributed by atoms with E-state index >= 15 is 0 Å². The summed E-state index contributed by atoms with van der Waals surface area (Å²) < 4.78 is 110. The molecule has 0 atom stereocenters. The van der Waals surface area contributed by atoms with Crippen LogP contribution in [0.5, 0.6) is 6.01 Å². The summed E-state index contributed by atoms with van der Waals surface area (Å²) in [6, 6.07) is 9.72. The number of nitrogens with zero attached hydrogens (tertiary/aromatic N) is 4. The van der Waals surface area contributed by atoms with E-state index in [-0.39, 0.29) is 47.5 Å². The highest BCUT2D eigenvalue weighted by Crippen LogP contribution is 2.31. The van der Waals surface area contributed by atoms with E-state index < -0.39 is 40.6 Å². The van der Waals surface area contributed by atoms with Crippen molar-refractivity contribution in [3.8, 4) is 6.01 Å². The molecule has 4 rings (SSSR count).